The topological polar surface area (TPSA) is 108 Å². The molecule has 0 bridgehead atoms. The predicted molar refractivity (Wildman–Crippen MR) is 226 cm³/mol. The van der Waals surface area contributed by atoms with Gasteiger partial charge in [-0.1, -0.05) is 133 Å². The zero-order chi connectivity index (χ0) is 40.7. The number of carboxylic acids is 1. The number of rotatable bonds is 39. The molecule has 0 saturated heterocycles. The minimum Gasteiger partial charge on any atom is -0.477 e. The molecule has 0 saturated carbocycles. The minimum absolute atomic E-state index is 0.182. The number of hydrogen-bond donors (Lipinski definition) is 1. The molecule has 0 radical (unpaired) electrons. The highest BCUT2D eigenvalue weighted by Gasteiger charge is 2.25. The normalized spacial score (nSPS) is 13.4. The summed E-state index contributed by atoms with van der Waals surface area (Å²) in [6.45, 7) is 4.76. The third kappa shape index (κ3) is 39.3. The first-order valence-corrected chi connectivity index (χ1v) is 21.8. The van der Waals surface area contributed by atoms with Crippen molar-refractivity contribution in [1.82, 2.24) is 0 Å². The summed E-state index contributed by atoms with van der Waals surface area (Å²) in [6.07, 6.45) is 40.2. The third-order valence-corrected chi connectivity index (χ3v) is 9.06. The van der Waals surface area contributed by atoms with Crippen molar-refractivity contribution in [3.63, 3.8) is 0 Å². The second kappa shape index (κ2) is 38.1. The van der Waals surface area contributed by atoms with E-state index in [1.54, 1.807) is 0 Å². The summed E-state index contributed by atoms with van der Waals surface area (Å²) in [7, 11) is 5.94. The molecule has 0 amide bonds. The molecule has 9 heteroatoms. The van der Waals surface area contributed by atoms with E-state index >= 15 is 0 Å². The molecule has 9 nitrogen and oxygen atoms in total. The Morgan fingerprint density at radius 3 is 1.53 bits per heavy atom. The first-order chi connectivity index (χ1) is 26.6. The van der Waals surface area contributed by atoms with Gasteiger partial charge in [-0.25, -0.2) is 4.79 Å². The van der Waals surface area contributed by atoms with Crippen molar-refractivity contribution in [2.45, 2.75) is 180 Å². The lowest BCUT2D eigenvalue weighted by Gasteiger charge is -2.25. The Morgan fingerprint density at radius 2 is 1.00 bits per heavy atom. The number of likely N-dealkylation sites (N-methyl/N-ethyl adjacent to an activating group) is 1. The van der Waals surface area contributed by atoms with Gasteiger partial charge in [0.1, 0.15) is 13.2 Å². The van der Waals surface area contributed by atoms with E-state index in [4.69, 9.17) is 18.9 Å². The molecule has 0 heterocycles. The quantitative estimate of drug-likeness (QED) is 0.0216. The van der Waals surface area contributed by atoms with Gasteiger partial charge in [0.25, 0.3) is 6.29 Å². The van der Waals surface area contributed by atoms with E-state index < -0.39 is 24.3 Å². The molecule has 0 aromatic carbocycles. The van der Waals surface area contributed by atoms with Crippen molar-refractivity contribution in [2.24, 2.45) is 0 Å². The van der Waals surface area contributed by atoms with Gasteiger partial charge in [0.2, 0.25) is 0 Å². The number of carboxylic acid groups (broad SMARTS) is 1. The third-order valence-electron chi connectivity index (χ3n) is 9.06. The fourth-order valence-electron chi connectivity index (χ4n) is 5.59. The number of carbonyl (C=O) groups excluding carboxylic acids is 2. The van der Waals surface area contributed by atoms with Crippen LogP contribution in [0.1, 0.15) is 168 Å². The smallest absolute Gasteiger partial charge is 0.361 e. The molecule has 2 unspecified atom stereocenters. The molecule has 0 rings (SSSR count). The van der Waals surface area contributed by atoms with Gasteiger partial charge >= 0.3 is 17.9 Å². The Bertz CT molecular complexity index is 1050. The van der Waals surface area contributed by atoms with Crippen molar-refractivity contribution < 1.29 is 42.9 Å². The van der Waals surface area contributed by atoms with Crippen molar-refractivity contribution in [2.75, 3.05) is 47.5 Å². The fraction of sp³-hybridized carbons (Fsp3) is 0.761. The molecule has 1 N–H and O–H groups in total. The summed E-state index contributed by atoms with van der Waals surface area (Å²) < 4.78 is 22.7. The van der Waals surface area contributed by atoms with E-state index in [1.165, 1.54) is 38.5 Å². The molecule has 55 heavy (non-hydrogen) atoms. The largest absolute Gasteiger partial charge is 0.477 e. The Hall–Kier alpha value is -2.75. The molecule has 0 aliphatic heterocycles. The van der Waals surface area contributed by atoms with Crippen LogP contribution in [0.4, 0.5) is 0 Å². The van der Waals surface area contributed by atoms with Crippen LogP contribution < -0.4 is 0 Å². The van der Waals surface area contributed by atoms with Crippen molar-refractivity contribution in [1.29, 1.82) is 0 Å². The lowest BCUT2D eigenvalue weighted by molar-refractivity contribution is -0.870. The van der Waals surface area contributed by atoms with Gasteiger partial charge in [-0.05, 0) is 70.6 Å². The summed E-state index contributed by atoms with van der Waals surface area (Å²) >= 11 is 0. The van der Waals surface area contributed by atoms with Crippen LogP contribution in [0, 0.1) is 0 Å². The number of allylic oxidation sites excluding steroid dienone is 8. The van der Waals surface area contributed by atoms with Crippen molar-refractivity contribution in [3.8, 4) is 0 Å². The zero-order valence-electron chi connectivity index (χ0n) is 35.8. The number of esters is 2. The lowest BCUT2D eigenvalue weighted by atomic mass is 10.1. The van der Waals surface area contributed by atoms with Crippen LogP contribution in [0.15, 0.2) is 48.6 Å². The maximum atomic E-state index is 12.7. The number of aliphatic carboxylic acids is 1. The van der Waals surface area contributed by atoms with Crippen LogP contribution >= 0.6 is 0 Å². The monoisotopic (exact) mass is 777 g/mol. The first kappa shape index (κ1) is 52.2. The second-order valence-electron chi connectivity index (χ2n) is 15.6. The van der Waals surface area contributed by atoms with Gasteiger partial charge in [-0.15, -0.1) is 0 Å². The van der Waals surface area contributed by atoms with Gasteiger partial charge in [0.05, 0.1) is 34.4 Å². The standard InChI is InChI=1S/C46H81NO8/c1-6-8-10-12-14-16-18-19-20-21-22-23-24-25-27-29-31-33-35-37-44(49)55-42(41-54-46(45(50)51)52-39-38-47(3,4)5)40-53-43(48)36-34-32-30-28-26-17-15-13-11-9-7-2/h13-16,19-20,22-23,42,46H,6-12,17-18,21,24-41H2,1-5H3/p+1/b15-13-,16-14-,20-19-,23-22-. The van der Waals surface area contributed by atoms with E-state index in [-0.39, 0.29) is 38.6 Å². The Kier molecular flexibility index (Phi) is 36.2. The molecule has 0 aliphatic carbocycles. The van der Waals surface area contributed by atoms with Gasteiger partial charge < -0.3 is 28.5 Å². The number of ether oxygens (including phenoxy) is 4. The van der Waals surface area contributed by atoms with E-state index in [1.807, 2.05) is 21.1 Å². The second-order valence-corrected chi connectivity index (χ2v) is 15.6. The van der Waals surface area contributed by atoms with Crippen LogP contribution in [-0.2, 0) is 33.3 Å². The fourth-order valence-corrected chi connectivity index (χ4v) is 5.59. The van der Waals surface area contributed by atoms with Gasteiger partial charge in [-0.2, -0.15) is 0 Å². The summed E-state index contributed by atoms with van der Waals surface area (Å²) in [5.74, 6) is -2.04. The SMILES string of the molecule is CCCC/C=C\CCCCCCCC(=O)OCC(COC(OCC[N+](C)(C)C)C(=O)O)OC(=O)CCCCCCCC/C=C\C/C=C\C/C=C\CCCCC. The van der Waals surface area contributed by atoms with Crippen molar-refractivity contribution >= 4 is 17.9 Å². The number of nitrogens with zero attached hydrogens (tertiary/aromatic N) is 1. The van der Waals surface area contributed by atoms with E-state index in [0.29, 0.717) is 17.4 Å². The maximum Gasteiger partial charge on any atom is 0.361 e. The highest BCUT2D eigenvalue weighted by molar-refractivity contribution is 5.71. The first-order valence-electron chi connectivity index (χ1n) is 21.8. The van der Waals surface area contributed by atoms with Gasteiger partial charge in [0.15, 0.2) is 6.10 Å². The average Bonchev–Trinajstić information content (AvgIpc) is 3.14. The highest BCUT2D eigenvalue weighted by atomic mass is 16.7. The number of unbranched alkanes of at least 4 members (excludes halogenated alkanes) is 16. The Morgan fingerprint density at radius 1 is 0.545 bits per heavy atom. The Labute approximate surface area is 336 Å². The van der Waals surface area contributed by atoms with Crippen molar-refractivity contribution in [3.05, 3.63) is 48.6 Å². The van der Waals surface area contributed by atoms with Gasteiger partial charge in [0, 0.05) is 12.8 Å². The van der Waals surface area contributed by atoms with E-state index in [2.05, 4.69) is 62.5 Å². The van der Waals surface area contributed by atoms with Crippen LogP contribution in [0.25, 0.3) is 0 Å². The predicted octanol–water partition coefficient (Wildman–Crippen LogP) is 11.2. The summed E-state index contributed by atoms with van der Waals surface area (Å²) in [4.78, 5) is 37.0. The van der Waals surface area contributed by atoms with Crippen LogP contribution in [0.5, 0.6) is 0 Å². The molecular formula is C46H82NO8+. The average molecular weight is 777 g/mol. The van der Waals surface area contributed by atoms with E-state index in [0.717, 1.165) is 96.3 Å². The molecule has 0 aliphatic rings. The number of quaternary nitrogens is 1. The molecule has 318 valence electrons. The number of hydrogen-bond acceptors (Lipinski definition) is 7. The molecule has 2 atom stereocenters. The highest BCUT2D eigenvalue weighted by Crippen LogP contribution is 2.13. The van der Waals surface area contributed by atoms with Crippen LogP contribution in [0.2, 0.25) is 0 Å². The van der Waals surface area contributed by atoms with E-state index in [9.17, 15) is 19.5 Å². The van der Waals surface area contributed by atoms with Crippen LogP contribution in [0.3, 0.4) is 0 Å². The maximum absolute atomic E-state index is 12.7. The summed E-state index contributed by atoms with van der Waals surface area (Å²) in [5.41, 5.74) is 0. The lowest BCUT2D eigenvalue weighted by Crippen LogP contribution is -2.40. The molecule has 0 aromatic rings. The summed E-state index contributed by atoms with van der Waals surface area (Å²) in [5, 5.41) is 9.62. The van der Waals surface area contributed by atoms with Crippen LogP contribution in [-0.4, -0.2) is 87.4 Å². The molecule has 0 spiro atoms. The summed E-state index contributed by atoms with van der Waals surface area (Å²) in [6, 6.07) is 0. The zero-order valence-corrected chi connectivity index (χ0v) is 35.8. The molecular weight excluding hydrogens is 695 g/mol. The Balaban J connectivity index is 4.47. The minimum atomic E-state index is -1.51. The van der Waals surface area contributed by atoms with Gasteiger partial charge in [-0.3, -0.25) is 9.59 Å². The molecule has 0 fully saturated rings. The number of carbonyl (C=O) groups is 3. The molecule has 0 aromatic heterocycles.